The van der Waals surface area contributed by atoms with E-state index in [-0.39, 0.29) is 11.9 Å². The van der Waals surface area contributed by atoms with Crippen molar-refractivity contribution in [2.24, 2.45) is 0 Å². The second-order valence-electron chi connectivity index (χ2n) is 6.27. The van der Waals surface area contributed by atoms with Gasteiger partial charge in [0.2, 0.25) is 0 Å². The maximum Gasteiger partial charge on any atom is 0.306 e. The highest BCUT2D eigenvalue weighted by atomic mass is 16.5. The third-order valence-corrected chi connectivity index (χ3v) is 4.47. The van der Waals surface area contributed by atoms with E-state index in [4.69, 9.17) is 4.74 Å². The van der Waals surface area contributed by atoms with Gasteiger partial charge in [-0.05, 0) is 22.6 Å². The van der Waals surface area contributed by atoms with E-state index in [1.165, 1.54) is 11.1 Å². The fourth-order valence-corrected chi connectivity index (χ4v) is 2.79. The smallest absolute Gasteiger partial charge is 0.306 e. The Morgan fingerprint density at radius 1 is 1.13 bits per heavy atom. The molecule has 3 heteroatoms. The van der Waals surface area contributed by atoms with Crippen LogP contribution in [0, 0.1) is 0 Å². The first-order valence-electron chi connectivity index (χ1n) is 8.22. The second kappa shape index (κ2) is 7.42. The average molecular weight is 309 g/mol. The largest absolute Gasteiger partial charge is 0.461 e. The molecule has 23 heavy (non-hydrogen) atoms. The summed E-state index contributed by atoms with van der Waals surface area (Å²) in [6, 6.07) is 18.4. The normalized spacial score (nSPS) is 15.7. The summed E-state index contributed by atoms with van der Waals surface area (Å²) < 4.78 is 5.36. The van der Waals surface area contributed by atoms with Gasteiger partial charge in [0.15, 0.2) is 0 Å². The molecular weight excluding hydrogens is 286 g/mol. The molecule has 2 aromatic carbocycles. The first kappa shape index (κ1) is 15.8. The van der Waals surface area contributed by atoms with Gasteiger partial charge in [-0.25, -0.2) is 0 Å². The van der Waals surface area contributed by atoms with Crippen LogP contribution in [0.2, 0.25) is 0 Å². The Labute approximate surface area is 137 Å². The summed E-state index contributed by atoms with van der Waals surface area (Å²) in [7, 11) is 0. The van der Waals surface area contributed by atoms with E-state index >= 15 is 0 Å². The van der Waals surface area contributed by atoms with E-state index in [0.717, 1.165) is 18.7 Å². The molecule has 1 heterocycles. The summed E-state index contributed by atoms with van der Waals surface area (Å²) in [5, 5.41) is 3.29. The molecule has 0 aliphatic carbocycles. The van der Waals surface area contributed by atoms with Crippen LogP contribution in [0.15, 0.2) is 54.6 Å². The number of nitrogens with one attached hydrogen (secondary N) is 1. The maximum atomic E-state index is 12.0. The Morgan fingerprint density at radius 3 is 2.43 bits per heavy atom. The van der Waals surface area contributed by atoms with Crippen LogP contribution in [0.25, 0.3) is 0 Å². The van der Waals surface area contributed by atoms with Crippen molar-refractivity contribution in [1.29, 1.82) is 0 Å². The molecule has 1 saturated heterocycles. The molecular formula is C20H23NO2. The van der Waals surface area contributed by atoms with Crippen LogP contribution in [0.5, 0.6) is 0 Å². The lowest BCUT2D eigenvalue weighted by Gasteiger charge is -2.27. The summed E-state index contributed by atoms with van der Waals surface area (Å²) in [6.07, 6.45) is 0.414. The van der Waals surface area contributed by atoms with Crippen LogP contribution in [0.3, 0.4) is 0 Å². The van der Waals surface area contributed by atoms with Crippen LogP contribution in [0.4, 0.5) is 0 Å². The van der Waals surface area contributed by atoms with Gasteiger partial charge < -0.3 is 10.1 Å². The molecule has 0 aromatic heterocycles. The summed E-state index contributed by atoms with van der Waals surface area (Å²) in [4.78, 5) is 12.0. The van der Waals surface area contributed by atoms with Crippen LogP contribution in [0.1, 0.15) is 41.9 Å². The molecule has 120 valence electrons. The molecule has 3 rings (SSSR count). The predicted molar refractivity (Wildman–Crippen MR) is 91.3 cm³/mol. The van der Waals surface area contributed by atoms with E-state index in [9.17, 15) is 4.79 Å². The quantitative estimate of drug-likeness (QED) is 0.828. The molecule has 0 spiro atoms. The number of benzene rings is 2. The molecule has 2 aromatic rings. The van der Waals surface area contributed by atoms with Gasteiger partial charge in [-0.1, -0.05) is 61.5 Å². The van der Waals surface area contributed by atoms with Crippen molar-refractivity contribution in [3.63, 3.8) is 0 Å². The Kier molecular flexibility index (Phi) is 5.09. The van der Waals surface area contributed by atoms with Crippen molar-refractivity contribution in [2.45, 2.75) is 31.8 Å². The summed E-state index contributed by atoms with van der Waals surface area (Å²) in [5.41, 5.74) is 3.59. The molecule has 1 aliphatic rings. The lowest BCUT2D eigenvalue weighted by Crippen LogP contribution is -2.39. The Morgan fingerprint density at radius 2 is 1.83 bits per heavy atom. The molecule has 0 bridgehead atoms. The molecule has 0 radical (unpaired) electrons. The highest BCUT2D eigenvalue weighted by Gasteiger charge is 2.19. The minimum absolute atomic E-state index is 0.145. The molecule has 0 unspecified atom stereocenters. The van der Waals surface area contributed by atoms with Gasteiger partial charge in [-0.15, -0.1) is 0 Å². The average Bonchev–Trinajstić information content (AvgIpc) is 2.53. The van der Waals surface area contributed by atoms with Gasteiger partial charge in [0, 0.05) is 19.0 Å². The Hall–Kier alpha value is -2.13. The lowest BCUT2D eigenvalue weighted by molar-refractivity contribution is -0.145. The van der Waals surface area contributed by atoms with Gasteiger partial charge in [-0.3, -0.25) is 4.79 Å². The van der Waals surface area contributed by atoms with Crippen molar-refractivity contribution in [3.8, 4) is 0 Å². The van der Waals surface area contributed by atoms with E-state index in [0.29, 0.717) is 18.9 Å². The number of carbonyl (C=O) groups excluding carboxylic acids is 1. The summed E-state index contributed by atoms with van der Waals surface area (Å²) in [5.74, 6) is 0.677. The molecule has 3 nitrogen and oxygen atoms in total. The topological polar surface area (TPSA) is 38.3 Å². The third-order valence-electron chi connectivity index (χ3n) is 4.47. The summed E-state index contributed by atoms with van der Waals surface area (Å²) >= 11 is 0. The van der Waals surface area contributed by atoms with E-state index in [2.05, 4.69) is 36.5 Å². The van der Waals surface area contributed by atoms with Gasteiger partial charge >= 0.3 is 5.97 Å². The maximum absolute atomic E-state index is 12.0. The van der Waals surface area contributed by atoms with Crippen molar-refractivity contribution in [1.82, 2.24) is 5.32 Å². The first-order valence-corrected chi connectivity index (χ1v) is 8.22. The number of carbonyl (C=O) groups is 1. The van der Waals surface area contributed by atoms with Crippen LogP contribution in [-0.2, 0) is 16.1 Å². The zero-order valence-electron chi connectivity index (χ0n) is 13.5. The van der Waals surface area contributed by atoms with E-state index in [1.807, 2.05) is 30.3 Å². The summed E-state index contributed by atoms with van der Waals surface area (Å²) in [6.45, 7) is 4.56. The van der Waals surface area contributed by atoms with Gasteiger partial charge in [-0.2, -0.15) is 0 Å². The fraction of sp³-hybridized carbons (Fsp3) is 0.350. The van der Waals surface area contributed by atoms with Gasteiger partial charge in [0.25, 0.3) is 0 Å². The monoisotopic (exact) mass is 309 g/mol. The zero-order valence-corrected chi connectivity index (χ0v) is 13.5. The number of ether oxygens (including phenoxy) is 1. The number of esters is 1. The van der Waals surface area contributed by atoms with E-state index < -0.39 is 0 Å². The van der Waals surface area contributed by atoms with Crippen molar-refractivity contribution in [2.75, 3.05) is 13.1 Å². The molecule has 0 saturated carbocycles. The molecule has 1 N–H and O–H groups in total. The second-order valence-corrected chi connectivity index (χ2v) is 6.27. The molecule has 1 aliphatic heterocycles. The van der Waals surface area contributed by atoms with Crippen LogP contribution < -0.4 is 5.32 Å². The highest BCUT2D eigenvalue weighted by molar-refractivity contribution is 5.70. The Balaban J connectivity index is 1.49. The minimum Gasteiger partial charge on any atom is -0.461 e. The van der Waals surface area contributed by atoms with Gasteiger partial charge in [0.1, 0.15) is 6.61 Å². The number of rotatable bonds is 6. The third kappa shape index (κ3) is 4.20. The zero-order chi connectivity index (χ0) is 16.1. The highest BCUT2D eigenvalue weighted by Crippen LogP contribution is 2.24. The van der Waals surface area contributed by atoms with Gasteiger partial charge in [0.05, 0.1) is 6.42 Å². The molecule has 1 atom stereocenters. The van der Waals surface area contributed by atoms with Crippen LogP contribution in [-0.4, -0.2) is 19.1 Å². The fourth-order valence-electron chi connectivity index (χ4n) is 2.79. The number of hydrogen-bond acceptors (Lipinski definition) is 3. The predicted octanol–water partition coefficient (Wildman–Crippen LogP) is 3.61. The lowest BCUT2D eigenvalue weighted by atomic mass is 9.90. The Bertz CT molecular complexity index is 632. The standard InChI is InChI=1S/C20H23NO2/c1-15(11-20(22)23-14-16-5-3-2-4-6-16)17-7-9-18(10-8-17)19-12-21-13-19/h2-10,15,19,21H,11-14H2,1H3/t15-/m1/s1. The minimum atomic E-state index is -0.145. The van der Waals surface area contributed by atoms with Crippen molar-refractivity contribution in [3.05, 3.63) is 71.3 Å². The van der Waals surface area contributed by atoms with E-state index in [1.54, 1.807) is 0 Å². The molecule has 1 fully saturated rings. The SMILES string of the molecule is C[C@H](CC(=O)OCc1ccccc1)c1ccc(C2CNC2)cc1. The number of hydrogen-bond donors (Lipinski definition) is 1. The molecule has 0 amide bonds. The van der Waals surface area contributed by atoms with Crippen molar-refractivity contribution < 1.29 is 9.53 Å². The first-order chi connectivity index (χ1) is 11.2. The van der Waals surface area contributed by atoms with Crippen molar-refractivity contribution >= 4 is 5.97 Å². The van der Waals surface area contributed by atoms with Crippen LogP contribution >= 0.6 is 0 Å².